The zero-order valence-corrected chi connectivity index (χ0v) is 12.8. The number of nitrogens with zero attached hydrogens (tertiary/aromatic N) is 3. The molecule has 4 rings (SSSR count). The maximum absolute atomic E-state index is 12.9. The fourth-order valence-electron chi connectivity index (χ4n) is 2.80. The summed E-state index contributed by atoms with van der Waals surface area (Å²) < 4.78 is 0. The second-order valence-corrected chi connectivity index (χ2v) is 5.58. The van der Waals surface area contributed by atoms with Crippen molar-refractivity contribution in [2.75, 3.05) is 13.2 Å². The quantitative estimate of drug-likeness (QED) is 0.782. The number of rotatable bonds is 2. The predicted molar refractivity (Wildman–Crippen MR) is 89.0 cm³/mol. The van der Waals surface area contributed by atoms with Crippen molar-refractivity contribution < 1.29 is 9.59 Å². The van der Waals surface area contributed by atoms with Gasteiger partial charge in [-0.1, -0.05) is 18.2 Å². The van der Waals surface area contributed by atoms with E-state index < -0.39 is 0 Å². The first-order valence-electron chi connectivity index (χ1n) is 7.58. The van der Waals surface area contributed by atoms with Crippen LogP contribution in [0.3, 0.4) is 0 Å². The molecule has 3 heterocycles. The Morgan fingerprint density at radius 2 is 2.04 bits per heavy atom. The summed E-state index contributed by atoms with van der Waals surface area (Å²) in [6, 6.07) is 13.0. The molecule has 0 unspecified atom stereocenters. The summed E-state index contributed by atoms with van der Waals surface area (Å²) in [5, 5.41) is 3.43. The van der Waals surface area contributed by atoms with E-state index >= 15 is 0 Å². The van der Waals surface area contributed by atoms with Crippen molar-refractivity contribution in [3.05, 3.63) is 60.4 Å². The van der Waals surface area contributed by atoms with Crippen LogP contribution in [0.1, 0.15) is 10.4 Å². The van der Waals surface area contributed by atoms with Crippen LogP contribution in [-0.4, -0.2) is 39.9 Å². The summed E-state index contributed by atoms with van der Waals surface area (Å²) in [6.07, 6.45) is 3.41. The molecule has 0 atom stereocenters. The van der Waals surface area contributed by atoms with E-state index in [-0.39, 0.29) is 25.0 Å². The van der Waals surface area contributed by atoms with Crippen LogP contribution in [0.2, 0.25) is 0 Å². The molecule has 6 heteroatoms. The Balaban J connectivity index is 1.87. The molecule has 1 aromatic carbocycles. The molecule has 2 aromatic heterocycles. The van der Waals surface area contributed by atoms with Gasteiger partial charge in [0.1, 0.15) is 6.54 Å². The van der Waals surface area contributed by atoms with E-state index in [4.69, 9.17) is 0 Å². The smallest absolute Gasteiger partial charge is 0.256 e. The number of hydrogen-bond acceptors (Lipinski definition) is 4. The van der Waals surface area contributed by atoms with Crippen LogP contribution in [-0.2, 0) is 4.79 Å². The van der Waals surface area contributed by atoms with Gasteiger partial charge in [0.25, 0.3) is 5.91 Å². The van der Waals surface area contributed by atoms with Crippen molar-refractivity contribution in [3.63, 3.8) is 0 Å². The number of carbonyl (C=O) groups is 2. The van der Waals surface area contributed by atoms with Crippen molar-refractivity contribution in [2.45, 2.75) is 0 Å². The highest BCUT2D eigenvalue weighted by Gasteiger charge is 2.26. The van der Waals surface area contributed by atoms with E-state index in [1.165, 1.54) is 4.90 Å². The van der Waals surface area contributed by atoms with Crippen LogP contribution in [0.5, 0.6) is 0 Å². The Labute approximate surface area is 138 Å². The van der Waals surface area contributed by atoms with Gasteiger partial charge in [0, 0.05) is 23.3 Å². The highest BCUT2D eigenvalue weighted by molar-refractivity contribution is 6.08. The SMILES string of the molecule is O=C1CN(C(=O)c2cc(-c3cccnc3)nc3ccccc23)CN1. The summed E-state index contributed by atoms with van der Waals surface area (Å²) >= 11 is 0. The first-order valence-corrected chi connectivity index (χ1v) is 7.58. The lowest BCUT2D eigenvalue weighted by Crippen LogP contribution is -2.30. The van der Waals surface area contributed by atoms with Crippen molar-refractivity contribution in [1.82, 2.24) is 20.2 Å². The average Bonchev–Trinajstić information content (AvgIpc) is 3.07. The lowest BCUT2D eigenvalue weighted by molar-refractivity contribution is -0.118. The number of nitrogens with one attached hydrogen (secondary N) is 1. The van der Waals surface area contributed by atoms with Gasteiger partial charge in [0.15, 0.2) is 0 Å². The van der Waals surface area contributed by atoms with Crippen LogP contribution >= 0.6 is 0 Å². The zero-order valence-electron chi connectivity index (χ0n) is 12.8. The van der Waals surface area contributed by atoms with Gasteiger partial charge in [-0.2, -0.15) is 0 Å². The molecule has 3 aromatic rings. The van der Waals surface area contributed by atoms with E-state index in [2.05, 4.69) is 15.3 Å². The van der Waals surface area contributed by atoms with Gasteiger partial charge in [-0.3, -0.25) is 14.6 Å². The average molecular weight is 318 g/mol. The summed E-state index contributed by atoms with van der Waals surface area (Å²) in [6.45, 7) is 0.314. The van der Waals surface area contributed by atoms with Crippen LogP contribution in [0, 0.1) is 0 Å². The van der Waals surface area contributed by atoms with Gasteiger partial charge in [0.05, 0.1) is 23.4 Å². The molecule has 118 valence electrons. The van der Waals surface area contributed by atoms with Crippen molar-refractivity contribution in [3.8, 4) is 11.3 Å². The molecule has 1 saturated heterocycles. The first-order chi connectivity index (χ1) is 11.7. The number of benzene rings is 1. The van der Waals surface area contributed by atoms with Gasteiger partial charge in [0.2, 0.25) is 5.91 Å². The van der Waals surface area contributed by atoms with Gasteiger partial charge in [-0.15, -0.1) is 0 Å². The second kappa shape index (κ2) is 5.73. The van der Waals surface area contributed by atoms with E-state index in [1.807, 2.05) is 36.4 Å². The van der Waals surface area contributed by atoms with E-state index in [0.29, 0.717) is 11.3 Å². The maximum atomic E-state index is 12.9. The Hall–Kier alpha value is -3.28. The van der Waals surface area contributed by atoms with E-state index in [1.54, 1.807) is 18.5 Å². The maximum Gasteiger partial charge on any atom is 0.256 e. The normalized spacial score (nSPS) is 14.0. The van der Waals surface area contributed by atoms with Crippen LogP contribution in [0.4, 0.5) is 0 Å². The summed E-state index contributed by atoms with van der Waals surface area (Å²) in [5.41, 5.74) is 2.80. The molecule has 6 nitrogen and oxygen atoms in total. The molecule has 1 fully saturated rings. The number of pyridine rings is 2. The van der Waals surface area contributed by atoms with E-state index in [9.17, 15) is 9.59 Å². The molecule has 0 aliphatic carbocycles. The third-order valence-corrected chi connectivity index (χ3v) is 3.99. The molecule has 2 amide bonds. The molecule has 1 N–H and O–H groups in total. The molecule has 0 radical (unpaired) electrons. The van der Waals surface area contributed by atoms with Gasteiger partial charge >= 0.3 is 0 Å². The third kappa shape index (κ3) is 2.48. The van der Waals surface area contributed by atoms with Crippen LogP contribution in [0.15, 0.2) is 54.9 Å². The number of amides is 2. The van der Waals surface area contributed by atoms with Gasteiger partial charge in [-0.05, 0) is 24.3 Å². The molecule has 24 heavy (non-hydrogen) atoms. The van der Waals surface area contributed by atoms with E-state index in [0.717, 1.165) is 16.5 Å². The van der Waals surface area contributed by atoms with Crippen molar-refractivity contribution in [2.24, 2.45) is 0 Å². The number of para-hydroxylation sites is 1. The number of hydrogen-bond donors (Lipinski definition) is 1. The number of aromatic nitrogens is 2. The predicted octanol–water partition coefficient (Wildman–Crippen LogP) is 1.83. The molecular weight excluding hydrogens is 304 g/mol. The molecular formula is C18H14N4O2. The minimum atomic E-state index is -0.183. The Bertz CT molecular complexity index is 940. The molecule has 0 bridgehead atoms. The summed E-state index contributed by atoms with van der Waals surface area (Å²) in [4.78, 5) is 34.5. The molecule has 1 aliphatic rings. The number of fused-ring (bicyclic) bond motifs is 1. The van der Waals surface area contributed by atoms with Crippen LogP contribution in [0.25, 0.3) is 22.2 Å². The molecule has 1 aliphatic heterocycles. The fourth-order valence-corrected chi connectivity index (χ4v) is 2.80. The second-order valence-electron chi connectivity index (χ2n) is 5.58. The fraction of sp³-hybridized carbons (Fsp3) is 0.111. The first kappa shape index (κ1) is 14.3. The zero-order chi connectivity index (χ0) is 16.5. The molecule has 0 spiro atoms. The van der Waals surface area contributed by atoms with Gasteiger partial charge < -0.3 is 10.2 Å². The Morgan fingerprint density at radius 1 is 1.17 bits per heavy atom. The van der Waals surface area contributed by atoms with Crippen LogP contribution < -0.4 is 5.32 Å². The lowest BCUT2D eigenvalue weighted by atomic mass is 10.0. The number of carbonyl (C=O) groups excluding carboxylic acids is 2. The highest BCUT2D eigenvalue weighted by Crippen LogP contribution is 2.25. The van der Waals surface area contributed by atoms with Crippen molar-refractivity contribution in [1.29, 1.82) is 0 Å². The van der Waals surface area contributed by atoms with Gasteiger partial charge in [-0.25, -0.2) is 4.98 Å². The molecule has 0 saturated carbocycles. The minimum Gasteiger partial charge on any atom is -0.337 e. The Morgan fingerprint density at radius 3 is 2.79 bits per heavy atom. The topological polar surface area (TPSA) is 75.2 Å². The lowest BCUT2D eigenvalue weighted by Gasteiger charge is -2.15. The standard InChI is InChI=1S/C18H14N4O2/c23-17-10-22(11-20-17)18(24)14-8-16(12-4-3-7-19-9-12)21-15-6-2-1-5-13(14)15/h1-9H,10-11H2,(H,20,23). The summed E-state index contributed by atoms with van der Waals surface area (Å²) in [7, 11) is 0. The monoisotopic (exact) mass is 318 g/mol. The largest absolute Gasteiger partial charge is 0.337 e. The summed E-state index contributed by atoms with van der Waals surface area (Å²) in [5.74, 6) is -0.328. The highest BCUT2D eigenvalue weighted by atomic mass is 16.2. The Kier molecular flexibility index (Phi) is 3.42. The minimum absolute atomic E-state index is 0.0811. The van der Waals surface area contributed by atoms with Crippen molar-refractivity contribution >= 4 is 22.7 Å². The third-order valence-electron chi connectivity index (χ3n) is 3.99.